The predicted molar refractivity (Wildman–Crippen MR) is 109 cm³/mol. The van der Waals surface area contributed by atoms with Gasteiger partial charge in [-0.2, -0.15) is 0 Å². The Morgan fingerprint density at radius 1 is 0.786 bits per heavy atom. The van der Waals surface area contributed by atoms with Gasteiger partial charge in [-0.15, -0.1) is 0 Å². The molecule has 0 N–H and O–H groups in total. The van der Waals surface area contributed by atoms with Crippen molar-refractivity contribution in [3.63, 3.8) is 0 Å². The minimum Gasteiger partial charge on any atom is -0.394 e. The number of rotatable bonds is 7. The third-order valence-corrected chi connectivity index (χ3v) is 4.50. The van der Waals surface area contributed by atoms with Gasteiger partial charge in [-0.1, -0.05) is 60.7 Å². The summed E-state index contributed by atoms with van der Waals surface area (Å²) in [6.07, 6.45) is -0.00206. The average molecular weight is 376 g/mol. The van der Waals surface area contributed by atoms with Crippen molar-refractivity contribution in [2.45, 2.75) is 26.9 Å². The number of aryl methyl sites for hydroxylation is 1. The molecule has 0 aromatic heterocycles. The monoisotopic (exact) mass is 376 g/mol. The Labute approximate surface area is 165 Å². The van der Waals surface area contributed by atoms with Crippen molar-refractivity contribution < 1.29 is 19.0 Å². The van der Waals surface area contributed by atoms with Gasteiger partial charge in [0.2, 0.25) is 0 Å². The molecule has 4 heteroatoms. The van der Waals surface area contributed by atoms with Crippen LogP contribution in [0.15, 0.2) is 72.8 Å². The Morgan fingerprint density at radius 2 is 1.46 bits per heavy atom. The predicted octanol–water partition coefficient (Wildman–Crippen LogP) is 5.64. The van der Waals surface area contributed by atoms with Crippen molar-refractivity contribution in [2.75, 3.05) is 6.61 Å². The van der Waals surface area contributed by atoms with Crippen molar-refractivity contribution in [3.05, 3.63) is 95.1 Å². The summed E-state index contributed by atoms with van der Waals surface area (Å²) in [5, 5.41) is 0. The molecule has 3 rings (SSSR count). The van der Waals surface area contributed by atoms with E-state index in [0.717, 1.165) is 28.7 Å². The van der Waals surface area contributed by atoms with E-state index in [1.54, 1.807) is 12.1 Å². The highest BCUT2D eigenvalue weighted by Gasteiger charge is 2.13. The number of carbonyl (C=O) groups excluding carboxylic acids is 1. The summed E-state index contributed by atoms with van der Waals surface area (Å²) in [7, 11) is 0. The molecule has 28 heavy (non-hydrogen) atoms. The molecule has 3 aromatic carbocycles. The van der Waals surface area contributed by atoms with Crippen molar-refractivity contribution >= 4 is 6.16 Å². The van der Waals surface area contributed by atoms with Crippen LogP contribution >= 0.6 is 0 Å². The van der Waals surface area contributed by atoms with Gasteiger partial charge in [-0.05, 0) is 54.7 Å². The zero-order valence-electron chi connectivity index (χ0n) is 16.2. The van der Waals surface area contributed by atoms with Gasteiger partial charge in [0.25, 0.3) is 0 Å². The lowest BCUT2D eigenvalue weighted by Crippen LogP contribution is -2.15. The number of hydrogen-bond donors (Lipinski definition) is 0. The highest BCUT2D eigenvalue weighted by molar-refractivity contribution is 5.68. The summed E-state index contributed by atoms with van der Waals surface area (Å²) >= 11 is 0. The van der Waals surface area contributed by atoms with E-state index >= 15 is 0 Å². The molecule has 0 aliphatic heterocycles. The van der Waals surface area contributed by atoms with Crippen LogP contribution in [-0.2, 0) is 17.8 Å². The number of para-hydroxylation sites is 1. The largest absolute Gasteiger partial charge is 0.519 e. The van der Waals surface area contributed by atoms with Crippen molar-refractivity contribution in [1.82, 2.24) is 0 Å². The Balaban J connectivity index is 1.55. The molecule has 0 bridgehead atoms. The molecule has 4 nitrogen and oxygen atoms in total. The zero-order chi connectivity index (χ0) is 19.8. The lowest BCUT2D eigenvalue weighted by molar-refractivity contribution is 0.123. The van der Waals surface area contributed by atoms with E-state index in [2.05, 4.69) is 0 Å². The van der Waals surface area contributed by atoms with Crippen LogP contribution in [0.2, 0.25) is 0 Å². The van der Waals surface area contributed by atoms with Crippen LogP contribution in [0.4, 0.5) is 4.79 Å². The molecule has 0 saturated carbocycles. The first-order chi connectivity index (χ1) is 13.6. The number of benzene rings is 3. The van der Waals surface area contributed by atoms with Gasteiger partial charge in [-0.25, -0.2) is 4.79 Å². The van der Waals surface area contributed by atoms with Crippen LogP contribution < -0.4 is 9.47 Å². The maximum Gasteiger partial charge on any atom is 0.519 e. The van der Waals surface area contributed by atoms with Crippen LogP contribution in [0.5, 0.6) is 11.5 Å². The van der Waals surface area contributed by atoms with Gasteiger partial charge in [0.15, 0.2) is 0 Å². The maximum atomic E-state index is 12.1. The van der Waals surface area contributed by atoms with Gasteiger partial charge < -0.3 is 14.2 Å². The van der Waals surface area contributed by atoms with E-state index in [1.165, 1.54) is 0 Å². The van der Waals surface area contributed by atoms with E-state index in [9.17, 15) is 4.79 Å². The molecule has 144 valence electrons. The average Bonchev–Trinajstić information content (AvgIpc) is 2.70. The Bertz CT molecular complexity index is 919. The van der Waals surface area contributed by atoms with Crippen molar-refractivity contribution in [2.24, 2.45) is 0 Å². The molecular weight excluding hydrogens is 352 g/mol. The van der Waals surface area contributed by atoms with Crippen LogP contribution in [0.1, 0.15) is 22.3 Å². The van der Waals surface area contributed by atoms with Gasteiger partial charge in [0, 0.05) is 0 Å². The zero-order valence-corrected chi connectivity index (χ0v) is 16.2. The van der Waals surface area contributed by atoms with Gasteiger partial charge in [-0.3, -0.25) is 0 Å². The van der Waals surface area contributed by atoms with Crippen LogP contribution in [0.3, 0.4) is 0 Å². The lowest BCUT2D eigenvalue weighted by atomic mass is 10.1. The molecule has 3 aromatic rings. The van der Waals surface area contributed by atoms with E-state index in [-0.39, 0.29) is 0 Å². The van der Waals surface area contributed by atoms with E-state index < -0.39 is 6.16 Å². The molecule has 0 aliphatic rings. The molecular formula is C24H24O4. The quantitative estimate of drug-likeness (QED) is 0.304. The minimum absolute atomic E-state index is 0.496. The standard InChI is InChI=1S/C24H24O4/c1-18-9-6-7-13-22(18)27-24(25)28-23-14-8-12-21(19(23)2)15-16-26-17-20-10-4-3-5-11-20/h3-14H,15-17H2,1-2H3. The summed E-state index contributed by atoms with van der Waals surface area (Å²) in [5.41, 5.74) is 4.01. The second-order valence-electron chi connectivity index (χ2n) is 6.55. The first-order valence-electron chi connectivity index (χ1n) is 9.29. The van der Waals surface area contributed by atoms with Gasteiger partial charge in [0.1, 0.15) is 11.5 Å². The third kappa shape index (κ3) is 5.44. The summed E-state index contributed by atoms with van der Waals surface area (Å²) in [6.45, 7) is 4.98. The molecule has 0 unspecified atom stereocenters. The molecule has 0 amide bonds. The Kier molecular flexibility index (Phi) is 6.82. The van der Waals surface area contributed by atoms with Gasteiger partial charge in [0.05, 0.1) is 13.2 Å². The molecule has 0 heterocycles. The summed E-state index contributed by atoms with van der Waals surface area (Å²) in [4.78, 5) is 12.1. The first-order valence-corrected chi connectivity index (χ1v) is 9.29. The summed E-state index contributed by atoms with van der Waals surface area (Å²) in [5.74, 6) is 0.995. The SMILES string of the molecule is Cc1ccccc1OC(=O)Oc1cccc(CCOCc2ccccc2)c1C. The van der Waals surface area contributed by atoms with E-state index in [4.69, 9.17) is 14.2 Å². The fraction of sp³-hybridized carbons (Fsp3) is 0.208. The normalized spacial score (nSPS) is 10.5. The highest BCUT2D eigenvalue weighted by Crippen LogP contribution is 2.23. The Morgan fingerprint density at radius 3 is 2.25 bits per heavy atom. The summed E-state index contributed by atoms with van der Waals surface area (Å²) in [6, 6.07) is 23.0. The van der Waals surface area contributed by atoms with E-state index in [1.807, 2.05) is 74.5 Å². The summed E-state index contributed by atoms with van der Waals surface area (Å²) < 4.78 is 16.5. The second kappa shape index (κ2) is 9.72. The number of hydrogen-bond acceptors (Lipinski definition) is 4. The molecule has 0 radical (unpaired) electrons. The first kappa shape index (κ1) is 19.6. The van der Waals surface area contributed by atoms with Crippen LogP contribution in [0, 0.1) is 13.8 Å². The molecule has 0 spiro atoms. The van der Waals surface area contributed by atoms with Crippen molar-refractivity contribution in [1.29, 1.82) is 0 Å². The molecule has 0 saturated heterocycles. The van der Waals surface area contributed by atoms with Gasteiger partial charge >= 0.3 is 6.16 Å². The highest BCUT2D eigenvalue weighted by atomic mass is 16.7. The Hall–Kier alpha value is -3.11. The van der Waals surface area contributed by atoms with Crippen molar-refractivity contribution in [3.8, 4) is 11.5 Å². The molecule has 0 aliphatic carbocycles. The lowest BCUT2D eigenvalue weighted by Gasteiger charge is -2.12. The second-order valence-corrected chi connectivity index (χ2v) is 6.55. The minimum atomic E-state index is -0.741. The number of ether oxygens (including phenoxy) is 3. The van der Waals surface area contributed by atoms with Crippen LogP contribution in [0.25, 0.3) is 0 Å². The third-order valence-electron chi connectivity index (χ3n) is 4.50. The number of carbonyl (C=O) groups is 1. The molecule has 0 atom stereocenters. The molecule has 0 fully saturated rings. The fourth-order valence-corrected chi connectivity index (χ4v) is 2.86. The van der Waals surface area contributed by atoms with E-state index in [0.29, 0.717) is 24.7 Å². The fourth-order valence-electron chi connectivity index (χ4n) is 2.86. The maximum absolute atomic E-state index is 12.1. The topological polar surface area (TPSA) is 44.8 Å². The smallest absolute Gasteiger partial charge is 0.394 e. The van der Waals surface area contributed by atoms with Crippen LogP contribution in [-0.4, -0.2) is 12.8 Å².